The van der Waals surface area contributed by atoms with Crippen LogP contribution in [0, 0.1) is 0 Å². The van der Waals surface area contributed by atoms with Gasteiger partial charge >= 0.3 is 0 Å². The molecule has 0 aromatic heterocycles. The Morgan fingerprint density at radius 2 is 1.55 bits per heavy atom. The molecule has 1 aliphatic heterocycles. The van der Waals surface area contributed by atoms with Crippen molar-refractivity contribution in [1.82, 2.24) is 0 Å². The molecule has 0 fully saturated rings. The van der Waals surface area contributed by atoms with Gasteiger partial charge in [-0.15, -0.1) is 0 Å². The third kappa shape index (κ3) is 2.08. The van der Waals surface area contributed by atoms with Gasteiger partial charge in [0.15, 0.2) is 0 Å². The number of hydrogen-bond donors (Lipinski definition) is 0. The average Bonchev–Trinajstić information content (AvgIpc) is 2.95. The highest BCUT2D eigenvalue weighted by atomic mass is 15.1. The molecule has 0 saturated carbocycles. The maximum atomic E-state index is 4.77. The molecular formula is C20H18N2. The summed E-state index contributed by atoms with van der Waals surface area (Å²) in [6, 6.07) is 21.7. The zero-order chi connectivity index (χ0) is 15.1. The molecule has 0 radical (unpaired) electrons. The molecule has 1 aliphatic rings. The van der Waals surface area contributed by atoms with Crippen molar-refractivity contribution in [1.29, 1.82) is 0 Å². The first-order valence-electron chi connectivity index (χ1n) is 7.56. The summed E-state index contributed by atoms with van der Waals surface area (Å²) in [7, 11) is 4.12. The van der Waals surface area contributed by atoms with Crippen molar-refractivity contribution in [2.45, 2.75) is 6.54 Å². The summed E-state index contributed by atoms with van der Waals surface area (Å²) in [5, 5.41) is 2.57. The fourth-order valence-electron chi connectivity index (χ4n) is 3.05. The molecule has 0 unspecified atom stereocenters. The second-order valence-electron chi connectivity index (χ2n) is 5.96. The molecule has 108 valence electrons. The van der Waals surface area contributed by atoms with E-state index >= 15 is 0 Å². The predicted molar refractivity (Wildman–Crippen MR) is 94.1 cm³/mol. The van der Waals surface area contributed by atoms with Crippen molar-refractivity contribution in [3.8, 4) is 0 Å². The normalized spacial score (nSPS) is 13.1. The zero-order valence-electron chi connectivity index (χ0n) is 12.9. The molecule has 3 aromatic carbocycles. The van der Waals surface area contributed by atoms with E-state index in [1.807, 2.05) is 0 Å². The van der Waals surface area contributed by atoms with Crippen LogP contribution >= 0.6 is 0 Å². The SMILES string of the molecule is CN(C)c1ccc(C2=NCc3cc4ccccc4cc32)cc1. The van der Waals surface area contributed by atoms with Crippen LogP contribution < -0.4 is 4.90 Å². The summed E-state index contributed by atoms with van der Waals surface area (Å²) >= 11 is 0. The number of aliphatic imine (C=N–C) groups is 1. The van der Waals surface area contributed by atoms with E-state index in [4.69, 9.17) is 4.99 Å². The van der Waals surface area contributed by atoms with Gasteiger partial charge < -0.3 is 4.90 Å². The lowest BCUT2D eigenvalue weighted by molar-refractivity contribution is 1.11. The van der Waals surface area contributed by atoms with E-state index in [0.29, 0.717) is 0 Å². The summed E-state index contributed by atoms with van der Waals surface area (Å²) in [6.45, 7) is 0.783. The number of benzene rings is 3. The first-order chi connectivity index (χ1) is 10.7. The van der Waals surface area contributed by atoms with Gasteiger partial charge in [0.2, 0.25) is 0 Å². The standard InChI is InChI=1S/C20H18N2/c1-22(2)18-9-7-14(8-10-18)20-19-12-16-6-4-3-5-15(16)11-17(19)13-21-20/h3-12H,13H2,1-2H3. The van der Waals surface area contributed by atoms with Crippen LogP contribution in [0.1, 0.15) is 16.7 Å². The number of anilines is 1. The van der Waals surface area contributed by atoms with Gasteiger partial charge in [0.1, 0.15) is 0 Å². The molecule has 2 heteroatoms. The van der Waals surface area contributed by atoms with Crippen LogP contribution in [0.25, 0.3) is 10.8 Å². The molecule has 0 N–H and O–H groups in total. The fourth-order valence-corrected chi connectivity index (χ4v) is 3.05. The molecule has 22 heavy (non-hydrogen) atoms. The van der Waals surface area contributed by atoms with Gasteiger partial charge in [-0.1, -0.05) is 36.4 Å². The van der Waals surface area contributed by atoms with E-state index in [9.17, 15) is 0 Å². The fraction of sp³-hybridized carbons (Fsp3) is 0.150. The molecule has 0 amide bonds. The van der Waals surface area contributed by atoms with Gasteiger partial charge in [-0.25, -0.2) is 0 Å². The minimum Gasteiger partial charge on any atom is -0.378 e. The first kappa shape index (κ1) is 13.1. The zero-order valence-corrected chi connectivity index (χ0v) is 12.9. The molecule has 4 rings (SSSR count). The highest BCUT2D eigenvalue weighted by Gasteiger charge is 2.18. The van der Waals surface area contributed by atoms with E-state index in [0.717, 1.165) is 12.3 Å². The molecule has 1 heterocycles. The number of hydrogen-bond acceptors (Lipinski definition) is 2. The maximum absolute atomic E-state index is 4.77. The van der Waals surface area contributed by atoms with Crippen molar-refractivity contribution in [3.05, 3.63) is 77.4 Å². The predicted octanol–water partition coefficient (Wildman–Crippen LogP) is 4.26. The highest BCUT2D eigenvalue weighted by Crippen LogP contribution is 2.28. The van der Waals surface area contributed by atoms with Gasteiger partial charge in [-0.3, -0.25) is 4.99 Å². The molecule has 2 nitrogen and oxygen atoms in total. The van der Waals surface area contributed by atoms with Crippen LogP contribution in [0.15, 0.2) is 65.7 Å². The van der Waals surface area contributed by atoms with Gasteiger partial charge in [0, 0.05) is 30.9 Å². The minimum absolute atomic E-state index is 0.783. The Morgan fingerprint density at radius 1 is 0.864 bits per heavy atom. The van der Waals surface area contributed by atoms with Crippen molar-refractivity contribution in [3.63, 3.8) is 0 Å². The molecule has 0 spiro atoms. The highest BCUT2D eigenvalue weighted by molar-refractivity contribution is 6.16. The van der Waals surface area contributed by atoms with Crippen molar-refractivity contribution < 1.29 is 0 Å². The Hall–Kier alpha value is -2.61. The molecule has 0 atom stereocenters. The minimum atomic E-state index is 0.783. The van der Waals surface area contributed by atoms with E-state index in [1.165, 1.54) is 33.2 Å². The summed E-state index contributed by atoms with van der Waals surface area (Å²) in [4.78, 5) is 6.89. The Balaban J connectivity index is 1.79. The van der Waals surface area contributed by atoms with E-state index in [1.54, 1.807) is 0 Å². The number of nitrogens with zero attached hydrogens (tertiary/aromatic N) is 2. The Labute approximate surface area is 130 Å². The quantitative estimate of drug-likeness (QED) is 0.687. The smallest absolute Gasteiger partial charge is 0.0726 e. The maximum Gasteiger partial charge on any atom is 0.0726 e. The van der Waals surface area contributed by atoms with Gasteiger partial charge in [0.25, 0.3) is 0 Å². The summed E-state index contributed by atoms with van der Waals surface area (Å²) in [5.41, 5.74) is 6.12. The van der Waals surface area contributed by atoms with E-state index in [2.05, 4.69) is 79.7 Å². The number of fused-ring (bicyclic) bond motifs is 2. The average molecular weight is 286 g/mol. The number of rotatable bonds is 2. The molecule has 0 bridgehead atoms. The third-order valence-electron chi connectivity index (χ3n) is 4.29. The van der Waals surface area contributed by atoms with Crippen molar-refractivity contribution in [2.75, 3.05) is 19.0 Å². The van der Waals surface area contributed by atoms with Crippen LogP contribution in [0.2, 0.25) is 0 Å². The topological polar surface area (TPSA) is 15.6 Å². The largest absolute Gasteiger partial charge is 0.378 e. The third-order valence-corrected chi connectivity index (χ3v) is 4.29. The van der Waals surface area contributed by atoms with Crippen LogP contribution in [0.5, 0.6) is 0 Å². The monoisotopic (exact) mass is 286 g/mol. The van der Waals surface area contributed by atoms with Crippen LogP contribution in [-0.2, 0) is 6.54 Å². The summed E-state index contributed by atoms with van der Waals surface area (Å²) in [5.74, 6) is 0. The summed E-state index contributed by atoms with van der Waals surface area (Å²) in [6.07, 6.45) is 0. The van der Waals surface area contributed by atoms with Crippen LogP contribution in [0.4, 0.5) is 5.69 Å². The van der Waals surface area contributed by atoms with Crippen LogP contribution in [0.3, 0.4) is 0 Å². The molecule has 3 aromatic rings. The van der Waals surface area contributed by atoms with E-state index < -0.39 is 0 Å². The van der Waals surface area contributed by atoms with Crippen molar-refractivity contribution >= 4 is 22.2 Å². The lowest BCUT2D eigenvalue weighted by atomic mass is 9.96. The second kappa shape index (κ2) is 4.99. The Morgan fingerprint density at radius 3 is 2.23 bits per heavy atom. The van der Waals surface area contributed by atoms with Crippen LogP contribution in [-0.4, -0.2) is 19.8 Å². The first-order valence-corrected chi connectivity index (χ1v) is 7.56. The Bertz CT molecular complexity index is 874. The lowest BCUT2D eigenvalue weighted by Gasteiger charge is -2.13. The van der Waals surface area contributed by atoms with E-state index in [-0.39, 0.29) is 0 Å². The molecule has 0 saturated heterocycles. The second-order valence-corrected chi connectivity index (χ2v) is 5.96. The van der Waals surface area contributed by atoms with Gasteiger partial charge in [0.05, 0.1) is 12.3 Å². The lowest BCUT2D eigenvalue weighted by Crippen LogP contribution is -2.09. The Kier molecular flexibility index (Phi) is 2.97. The molecular weight excluding hydrogens is 268 g/mol. The molecule has 0 aliphatic carbocycles. The summed E-state index contributed by atoms with van der Waals surface area (Å²) < 4.78 is 0. The van der Waals surface area contributed by atoms with Gasteiger partial charge in [-0.05, 0) is 40.6 Å². The van der Waals surface area contributed by atoms with Gasteiger partial charge in [-0.2, -0.15) is 0 Å². The van der Waals surface area contributed by atoms with Crippen molar-refractivity contribution in [2.24, 2.45) is 4.99 Å².